The second-order valence-corrected chi connectivity index (χ2v) is 11.7. The summed E-state index contributed by atoms with van der Waals surface area (Å²) in [5.41, 5.74) is 0.774. The van der Waals surface area contributed by atoms with Crippen molar-refractivity contribution in [3.63, 3.8) is 0 Å². The van der Waals surface area contributed by atoms with Gasteiger partial charge in [0.1, 0.15) is 9.84 Å². The lowest BCUT2D eigenvalue weighted by molar-refractivity contribution is 0.148. The fraction of sp³-hybridized carbons (Fsp3) is 0.800. The SMILES string of the molecule is CC(C)(C)c1cc(=O)n(CC2CCN(CC3CCS(=O)(=O)CC3)CC2)cn1. The molecule has 0 N–H and O–H groups in total. The van der Waals surface area contributed by atoms with E-state index in [1.54, 1.807) is 17.0 Å². The predicted molar refractivity (Wildman–Crippen MR) is 108 cm³/mol. The fourth-order valence-electron chi connectivity index (χ4n) is 4.09. The van der Waals surface area contributed by atoms with Crippen LogP contribution in [-0.2, 0) is 21.8 Å². The summed E-state index contributed by atoms with van der Waals surface area (Å²) in [7, 11) is -2.77. The van der Waals surface area contributed by atoms with E-state index in [2.05, 4.69) is 30.7 Å². The van der Waals surface area contributed by atoms with E-state index >= 15 is 0 Å². The van der Waals surface area contributed by atoms with Crippen LogP contribution in [0.1, 0.15) is 52.1 Å². The van der Waals surface area contributed by atoms with Gasteiger partial charge in [0.05, 0.1) is 23.5 Å². The first-order valence-corrected chi connectivity index (χ1v) is 11.9. The van der Waals surface area contributed by atoms with Crippen molar-refractivity contribution in [3.8, 4) is 0 Å². The highest BCUT2D eigenvalue weighted by molar-refractivity contribution is 7.91. The third kappa shape index (κ3) is 5.64. The summed E-state index contributed by atoms with van der Waals surface area (Å²) < 4.78 is 24.9. The molecule has 3 heterocycles. The molecule has 0 unspecified atom stereocenters. The van der Waals surface area contributed by atoms with Crippen LogP contribution in [0.25, 0.3) is 0 Å². The van der Waals surface area contributed by atoms with Gasteiger partial charge in [-0.3, -0.25) is 9.36 Å². The van der Waals surface area contributed by atoms with Crippen molar-refractivity contribution in [1.29, 1.82) is 0 Å². The maximum Gasteiger partial charge on any atom is 0.253 e. The largest absolute Gasteiger partial charge is 0.303 e. The zero-order valence-corrected chi connectivity index (χ0v) is 17.7. The first kappa shape index (κ1) is 20.5. The molecule has 0 spiro atoms. The Hall–Kier alpha value is -1.21. The van der Waals surface area contributed by atoms with E-state index in [0.717, 1.165) is 57.6 Å². The van der Waals surface area contributed by atoms with Crippen molar-refractivity contribution < 1.29 is 8.42 Å². The van der Waals surface area contributed by atoms with Crippen LogP contribution in [0, 0.1) is 11.8 Å². The van der Waals surface area contributed by atoms with Gasteiger partial charge in [-0.05, 0) is 50.6 Å². The number of piperidine rings is 1. The molecule has 2 aliphatic heterocycles. The van der Waals surface area contributed by atoms with Crippen LogP contribution in [0.2, 0.25) is 0 Å². The molecule has 1 aromatic heterocycles. The third-order valence-electron chi connectivity index (χ3n) is 6.00. The van der Waals surface area contributed by atoms with E-state index in [1.165, 1.54) is 0 Å². The Labute approximate surface area is 162 Å². The fourth-order valence-corrected chi connectivity index (χ4v) is 5.68. The highest BCUT2D eigenvalue weighted by atomic mass is 32.2. The number of likely N-dealkylation sites (tertiary alicyclic amines) is 1. The van der Waals surface area contributed by atoms with Gasteiger partial charge in [-0.1, -0.05) is 20.8 Å². The summed E-state index contributed by atoms with van der Waals surface area (Å²) in [5.74, 6) is 1.73. The first-order chi connectivity index (χ1) is 12.6. The quantitative estimate of drug-likeness (QED) is 0.780. The normalized spacial score (nSPS) is 22.8. The standard InChI is InChI=1S/C20H33N3O3S/c1-20(2,3)18-12-19(24)23(15-21-18)14-16-4-8-22(9-5-16)13-17-6-10-27(25,26)11-7-17/h12,15-17H,4-11,13-14H2,1-3H3. The van der Waals surface area contributed by atoms with E-state index in [4.69, 9.17) is 0 Å². The highest BCUT2D eigenvalue weighted by Crippen LogP contribution is 2.24. The van der Waals surface area contributed by atoms with Crippen molar-refractivity contribution in [1.82, 2.24) is 14.5 Å². The Kier molecular flexibility index (Phi) is 6.11. The Morgan fingerprint density at radius 2 is 1.63 bits per heavy atom. The van der Waals surface area contributed by atoms with E-state index in [0.29, 0.717) is 23.3 Å². The summed E-state index contributed by atoms with van der Waals surface area (Å²) in [6.45, 7) is 10.0. The number of hydrogen-bond acceptors (Lipinski definition) is 5. The number of aromatic nitrogens is 2. The molecule has 0 aliphatic carbocycles. The molecule has 2 fully saturated rings. The van der Waals surface area contributed by atoms with E-state index in [-0.39, 0.29) is 11.0 Å². The molecule has 2 saturated heterocycles. The maximum absolute atomic E-state index is 12.4. The zero-order valence-electron chi connectivity index (χ0n) is 16.9. The Morgan fingerprint density at radius 3 is 2.19 bits per heavy atom. The molecule has 1 aromatic rings. The molecule has 7 heteroatoms. The number of nitrogens with zero attached hydrogens (tertiary/aromatic N) is 3. The minimum atomic E-state index is -2.77. The topological polar surface area (TPSA) is 72.3 Å². The van der Waals surface area contributed by atoms with Gasteiger partial charge in [0, 0.05) is 24.6 Å². The zero-order chi connectivity index (χ0) is 19.7. The van der Waals surface area contributed by atoms with Crippen LogP contribution >= 0.6 is 0 Å². The average molecular weight is 396 g/mol. The van der Waals surface area contributed by atoms with Gasteiger partial charge in [-0.15, -0.1) is 0 Å². The Balaban J connectivity index is 1.48. The number of sulfone groups is 1. The van der Waals surface area contributed by atoms with Crippen LogP contribution in [-0.4, -0.2) is 54.0 Å². The molecular weight excluding hydrogens is 362 g/mol. The van der Waals surface area contributed by atoms with Gasteiger partial charge >= 0.3 is 0 Å². The summed E-state index contributed by atoms with van der Waals surface area (Å²) in [6.07, 6.45) is 5.49. The molecule has 6 nitrogen and oxygen atoms in total. The molecule has 0 radical (unpaired) electrons. The summed E-state index contributed by atoms with van der Waals surface area (Å²) in [4.78, 5) is 19.4. The van der Waals surface area contributed by atoms with E-state index < -0.39 is 9.84 Å². The van der Waals surface area contributed by atoms with Gasteiger partial charge in [0.15, 0.2) is 0 Å². The molecule has 0 saturated carbocycles. The van der Waals surface area contributed by atoms with Crippen LogP contribution in [0.3, 0.4) is 0 Å². The van der Waals surface area contributed by atoms with Crippen LogP contribution < -0.4 is 5.56 Å². The minimum absolute atomic E-state index is 0.0424. The molecule has 0 amide bonds. The molecule has 0 bridgehead atoms. The average Bonchev–Trinajstić information content (AvgIpc) is 2.59. The van der Waals surface area contributed by atoms with Gasteiger partial charge in [-0.25, -0.2) is 13.4 Å². The third-order valence-corrected chi connectivity index (χ3v) is 7.72. The number of hydrogen-bond donors (Lipinski definition) is 0. The number of rotatable bonds is 4. The van der Waals surface area contributed by atoms with Crippen LogP contribution in [0.4, 0.5) is 0 Å². The second kappa shape index (κ2) is 8.03. The van der Waals surface area contributed by atoms with E-state index in [9.17, 15) is 13.2 Å². The Morgan fingerprint density at radius 1 is 1.04 bits per heavy atom. The maximum atomic E-state index is 12.4. The van der Waals surface area contributed by atoms with E-state index in [1.807, 2.05) is 0 Å². The lowest BCUT2D eigenvalue weighted by Gasteiger charge is -2.35. The molecule has 27 heavy (non-hydrogen) atoms. The Bertz CT molecular complexity index is 788. The molecule has 0 aromatic carbocycles. The van der Waals surface area contributed by atoms with Crippen molar-refractivity contribution in [2.45, 2.75) is 58.4 Å². The first-order valence-electron chi connectivity index (χ1n) is 10.1. The lowest BCUT2D eigenvalue weighted by atomic mass is 9.92. The van der Waals surface area contributed by atoms with Gasteiger partial charge < -0.3 is 4.90 Å². The summed E-state index contributed by atoms with van der Waals surface area (Å²) in [6, 6.07) is 1.67. The van der Waals surface area contributed by atoms with Crippen molar-refractivity contribution in [2.75, 3.05) is 31.1 Å². The van der Waals surface area contributed by atoms with Crippen LogP contribution in [0.5, 0.6) is 0 Å². The monoisotopic (exact) mass is 395 g/mol. The minimum Gasteiger partial charge on any atom is -0.303 e. The second-order valence-electron chi connectivity index (χ2n) is 9.35. The van der Waals surface area contributed by atoms with Gasteiger partial charge in [0.2, 0.25) is 0 Å². The smallest absolute Gasteiger partial charge is 0.253 e. The molecule has 152 valence electrons. The lowest BCUT2D eigenvalue weighted by Crippen LogP contribution is -2.40. The predicted octanol–water partition coefficient (Wildman–Crippen LogP) is 2.08. The molecule has 2 aliphatic rings. The van der Waals surface area contributed by atoms with Gasteiger partial charge in [-0.2, -0.15) is 0 Å². The summed E-state index contributed by atoms with van der Waals surface area (Å²) >= 11 is 0. The van der Waals surface area contributed by atoms with Crippen molar-refractivity contribution >= 4 is 9.84 Å². The van der Waals surface area contributed by atoms with Gasteiger partial charge in [0.25, 0.3) is 5.56 Å². The highest BCUT2D eigenvalue weighted by Gasteiger charge is 2.27. The molecular formula is C20H33N3O3S. The van der Waals surface area contributed by atoms with Crippen molar-refractivity contribution in [3.05, 3.63) is 28.4 Å². The molecule has 3 rings (SSSR count). The van der Waals surface area contributed by atoms with Crippen molar-refractivity contribution in [2.24, 2.45) is 11.8 Å². The summed E-state index contributed by atoms with van der Waals surface area (Å²) in [5, 5.41) is 0. The molecule has 0 atom stereocenters. The van der Waals surface area contributed by atoms with Crippen LogP contribution in [0.15, 0.2) is 17.2 Å².